The fourth-order valence-electron chi connectivity index (χ4n) is 5.71. The van der Waals surface area contributed by atoms with Crippen molar-refractivity contribution >= 4 is 41.0 Å². The van der Waals surface area contributed by atoms with Crippen LogP contribution in [-0.2, 0) is 9.47 Å². The number of nitrogens with one attached hydrogen (secondary N) is 3. The summed E-state index contributed by atoms with van der Waals surface area (Å²) in [6.07, 6.45) is 1.93. The third-order valence-corrected chi connectivity index (χ3v) is 8.48. The minimum atomic E-state index is -0.377. The second kappa shape index (κ2) is 14.7. The number of nitrogens with zero attached hydrogens (tertiary/aromatic N) is 7. The van der Waals surface area contributed by atoms with E-state index in [1.165, 1.54) is 0 Å². The van der Waals surface area contributed by atoms with Crippen LogP contribution in [0.25, 0.3) is 11.4 Å². The quantitative estimate of drug-likeness (QED) is 0.356. The number of aromatic nitrogens is 3. The molecule has 3 fully saturated rings. The first-order chi connectivity index (χ1) is 22.4. The molecule has 3 aliphatic heterocycles. The predicted molar refractivity (Wildman–Crippen MR) is 178 cm³/mol. The summed E-state index contributed by atoms with van der Waals surface area (Å²) in [5, 5.41) is 8.66. The lowest BCUT2D eigenvalue weighted by Crippen LogP contribution is -2.46. The summed E-state index contributed by atoms with van der Waals surface area (Å²) in [5.74, 6) is 1.83. The number of piperidine rings is 1. The Labute approximate surface area is 269 Å². The molecule has 3 aromatic rings. The number of amides is 4. The summed E-state index contributed by atoms with van der Waals surface area (Å²) in [6, 6.07) is 14.5. The van der Waals surface area contributed by atoms with Gasteiger partial charge in [0.05, 0.1) is 26.4 Å². The molecule has 3 aliphatic rings. The lowest BCUT2D eigenvalue weighted by molar-refractivity contribution is 0.121. The number of morpholine rings is 2. The average Bonchev–Trinajstić information content (AvgIpc) is 3.10. The van der Waals surface area contributed by atoms with Crippen LogP contribution in [0.15, 0.2) is 48.5 Å². The van der Waals surface area contributed by atoms with E-state index in [0.717, 1.165) is 57.7 Å². The van der Waals surface area contributed by atoms with Gasteiger partial charge in [-0.1, -0.05) is 0 Å². The Morgan fingerprint density at radius 3 is 1.61 bits per heavy atom. The van der Waals surface area contributed by atoms with Crippen molar-refractivity contribution in [2.75, 3.05) is 106 Å². The van der Waals surface area contributed by atoms with E-state index >= 15 is 0 Å². The van der Waals surface area contributed by atoms with Gasteiger partial charge in [-0.2, -0.15) is 15.0 Å². The largest absolute Gasteiger partial charge is 0.378 e. The topological polar surface area (TPSA) is 140 Å². The third kappa shape index (κ3) is 8.00. The van der Waals surface area contributed by atoms with Crippen LogP contribution in [0.5, 0.6) is 0 Å². The SMILES string of the molecule is CN(C)C1CCN(C(=O)Nc2ccc(NC(=O)Nc3ccc(-c4nc(N5CCOCC5)nc(N5CCOCC5)n4)cc3)cc2)CC1. The molecular weight excluding hydrogens is 588 g/mol. The summed E-state index contributed by atoms with van der Waals surface area (Å²) in [4.78, 5) is 48.1. The highest BCUT2D eigenvalue weighted by atomic mass is 16.5. The Bertz CT molecular complexity index is 1430. The smallest absolute Gasteiger partial charge is 0.323 e. The number of carbonyl (C=O) groups is 2. The number of urea groups is 2. The molecule has 2 aromatic carbocycles. The van der Waals surface area contributed by atoms with Crippen LogP contribution in [-0.4, -0.2) is 123 Å². The first-order valence-corrected chi connectivity index (χ1v) is 15.8. The van der Waals surface area contributed by atoms with Crippen molar-refractivity contribution in [3.63, 3.8) is 0 Å². The minimum Gasteiger partial charge on any atom is -0.378 e. The van der Waals surface area contributed by atoms with Gasteiger partial charge in [0.15, 0.2) is 5.82 Å². The zero-order chi connectivity index (χ0) is 31.9. The van der Waals surface area contributed by atoms with Crippen molar-refractivity contribution in [3.05, 3.63) is 48.5 Å². The van der Waals surface area contributed by atoms with E-state index in [0.29, 0.717) is 67.3 Å². The van der Waals surface area contributed by atoms with Gasteiger partial charge in [0.25, 0.3) is 0 Å². The first-order valence-electron chi connectivity index (χ1n) is 15.8. The Morgan fingerprint density at radius 1 is 0.674 bits per heavy atom. The van der Waals surface area contributed by atoms with Crippen LogP contribution in [0.2, 0.25) is 0 Å². The van der Waals surface area contributed by atoms with Crippen LogP contribution in [0.4, 0.5) is 38.5 Å². The minimum absolute atomic E-state index is 0.106. The molecule has 3 N–H and O–H groups in total. The third-order valence-electron chi connectivity index (χ3n) is 8.48. The summed E-state index contributed by atoms with van der Waals surface area (Å²) in [6.45, 7) is 6.87. The highest BCUT2D eigenvalue weighted by Crippen LogP contribution is 2.24. The standard InChI is InChI=1S/C32H42N10O4/c1-39(2)27-11-13-42(14-12-27)32(44)35-26-9-7-25(8-10-26)34-31(43)33-24-5-3-23(4-6-24)28-36-29(40-15-19-45-20-16-40)38-30(37-28)41-17-21-46-22-18-41/h3-10,27H,11-22H2,1-2H3,(H,35,44)(H2,33,34,43). The fourth-order valence-corrected chi connectivity index (χ4v) is 5.71. The van der Waals surface area contributed by atoms with E-state index in [-0.39, 0.29) is 12.1 Å². The van der Waals surface area contributed by atoms with Gasteiger partial charge in [-0.05, 0) is 75.5 Å². The number of benzene rings is 2. The van der Waals surface area contributed by atoms with Crippen LogP contribution in [0.3, 0.4) is 0 Å². The summed E-state index contributed by atoms with van der Waals surface area (Å²) in [7, 11) is 4.16. The van der Waals surface area contributed by atoms with E-state index < -0.39 is 0 Å². The average molecular weight is 631 g/mol. The molecule has 244 valence electrons. The second-order valence-electron chi connectivity index (χ2n) is 11.8. The Morgan fingerprint density at radius 2 is 1.13 bits per heavy atom. The maximum absolute atomic E-state index is 12.8. The van der Waals surface area contributed by atoms with Gasteiger partial charge in [-0.25, -0.2) is 9.59 Å². The number of ether oxygens (including phenoxy) is 2. The molecule has 0 spiro atoms. The van der Waals surface area contributed by atoms with Crippen molar-refractivity contribution in [2.24, 2.45) is 0 Å². The van der Waals surface area contributed by atoms with Crippen molar-refractivity contribution in [1.29, 1.82) is 0 Å². The molecule has 0 atom stereocenters. The molecule has 3 saturated heterocycles. The van der Waals surface area contributed by atoms with Gasteiger partial charge in [0.1, 0.15) is 0 Å². The van der Waals surface area contributed by atoms with E-state index in [2.05, 4.69) is 44.7 Å². The number of carbonyl (C=O) groups excluding carboxylic acids is 2. The number of hydrogen-bond donors (Lipinski definition) is 3. The molecule has 4 heterocycles. The van der Waals surface area contributed by atoms with Crippen molar-refractivity contribution in [1.82, 2.24) is 24.8 Å². The van der Waals surface area contributed by atoms with Gasteiger partial charge in [-0.15, -0.1) is 0 Å². The van der Waals surface area contributed by atoms with E-state index in [1.54, 1.807) is 24.3 Å². The van der Waals surface area contributed by atoms with E-state index in [9.17, 15) is 9.59 Å². The van der Waals surface area contributed by atoms with Crippen molar-refractivity contribution < 1.29 is 19.1 Å². The zero-order valence-electron chi connectivity index (χ0n) is 26.4. The first kappa shape index (κ1) is 31.5. The van der Waals surface area contributed by atoms with Gasteiger partial charge in [0.2, 0.25) is 11.9 Å². The Hall–Kier alpha value is -4.53. The van der Waals surface area contributed by atoms with E-state index in [4.69, 9.17) is 24.4 Å². The van der Waals surface area contributed by atoms with E-state index in [1.807, 2.05) is 29.2 Å². The maximum Gasteiger partial charge on any atom is 0.323 e. The second-order valence-corrected chi connectivity index (χ2v) is 11.8. The number of rotatable bonds is 7. The number of hydrogen-bond acceptors (Lipinski definition) is 10. The summed E-state index contributed by atoms with van der Waals surface area (Å²) >= 11 is 0. The van der Waals surface area contributed by atoms with Gasteiger partial charge in [-0.3, -0.25) is 0 Å². The Kier molecular flexibility index (Phi) is 10.1. The predicted octanol–water partition coefficient (Wildman–Crippen LogP) is 3.41. The van der Waals surface area contributed by atoms with Crippen molar-refractivity contribution in [3.8, 4) is 11.4 Å². The molecule has 14 heteroatoms. The molecule has 6 rings (SSSR count). The van der Waals surface area contributed by atoms with Crippen LogP contribution >= 0.6 is 0 Å². The van der Waals surface area contributed by atoms with Crippen LogP contribution in [0, 0.1) is 0 Å². The highest BCUT2D eigenvalue weighted by molar-refractivity contribution is 6.00. The number of anilines is 5. The van der Waals surface area contributed by atoms with Crippen LogP contribution < -0.4 is 25.8 Å². The molecule has 0 bridgehead atoms. The van der Waals surface area contributed by atoms with Gasteiger partial charge in [0, 0.05) is 67.9 Å². The molecule has 0 unspecified atom stereocenters. The van der Waals surface area contributed by atoms with Crippen molar-refractivity contribution in [2.45, 2.75) is 18.9 Å². The maximum atomic E-state index is 12.8. The Balaban J connectivity index is 1.05. The number of likely N-dealkylation sites (tertiary alicyclic amines) is 1. The molecule has 14 nitrogen and oxygen atoms in total. The molecule has 0 saturated carbocycles. The highest BCUT2D eigenvalue weighted by Gasteiger charge is 2.24. The summed E-state index contributed by atoms with van der Waals surface area (Å²) < 4.78 is 11.0. The lowest BCUT2D eigenvalue weighted by atomic mass is 10.0. The lowest BCUT2D eigenvalue weighted by Gasteiger charge is -2.35. The molecule has 0 radical (unpaired) electrons. The van der Waals surface area contributed by atoms with Crippen LogP contribution in [0.1, 0.15) is 12.8 Å². The monoisotopic (exact) mass is 630 g/mol. The summed E-state index contributed by atoms with van der Waals surface area (Å²) in [5.41, 5.74) is 2.72. The molecule has 0 aliphatic carbocycles. The molecular formula is C32H42N10O4. The normalized spacial score (nSPS) is 17.6. The zero-order valence-corrected chi connectivity index (χ0v) is 26.4. The fraction of sp³-hybridized carbons (Fsp3) is 0.469. The van der Waals surface area contributed by atoms with Gasteiger partial charge >= 0.3 is 12.1 Å². The van der Waals surface area contributed by atoms with Gasteiger partial charge < -0.3 is 45.0 Å². The molecule has 1 aromatic heterocycles. The molecule has 46 heavy (non-hydrogen) atoms. The molecule has 4 amide bonds.